The van der Waals surface area contributed by atoms with E-state index in [1.165, 1.54) is 11.3 Å². The quantitative estimate of drug-likeness (QED) is 0.705. The van der Waals surface area contributed by atoms with Crippen molar-refractivity contribution in [3.05, 3.63) is 33.6 Å². The van der Waals surface area contributed by atoms with E-state index in [9.17, 15) is 4.79 Å². The molecule has 28 heavy (non-hydrogen) atoms. The van der Waals surface area contributed by atoms with E-state index in [4.69, 9.17) is 10.1 Å². The molecule has 3 aromatic rings. The number of nitrogens with zero attached hydrogens (tertiary/aromatic N) is 4. The number of hydrogen-bond acceptors (Lipinski definition) is 5. The van der Waals surface area contributed by atoms with Crippen molar-refractivity contribution in [2.24, 2.45) is 0 Å². The molecular formula is C21H25N5OS. The van der Waals surface area contributed by atoms with Crippen molar-refractivity contribution in [2.45, 2.75) is 71.3 Å². The molecule has 7 heteroatoms. The van der Waals surface area contributed by atoms with Crippen LogP contribution in [0.1, 0.15) is 78.3 Å². The van der Waals surface area contributed by atoms with Gasteiger partial charge in [-0.3, -0.25) is 10.1 Å². The van der Waals surface area contributed by atoms with E-state index >= 15 is 0 Å². The second kappa shape index (κ2) is 6.11. The first-order chi connectivity index (χ1) is 13.3. The number of fused-ring (bicyclic) bond motifs is 2. The Kier molecular flexibility index (Phi) is 3.88. The molecule has 0 aromatic carbocycles. The second-order valence-electron chi connectivity index (χ2n) is 8.93. The molecule has 0 bridgehead atoms. The lowest BCUT2D eigenvalue weighted by Gasteiger charge is -2.20. The highest BCUT2D eigenvalue weighted by Gasteiger charge is 2.30. The first-order valence-electron chi connectivity index (χ1n) is 10.0. The van der Waals surface area contributed by atoms with Crippen LogP contribution in [0.15, 0.2) is 6.07 Å². The molecule has 0 aliphatic heterocycles. The fourth-order valence-electron chi connectivity index (χ4n) is 3.95. The summed E-state index contributed by atoms with van der Waals surface area (Å²) >= 11 is 1.61. The molecule has 146 valence electrons. The van der Waals surface area contributed by atoms with Gasteiger partial charge in [0.2, 0.25) is 0 Å². The molecule has 1 saturated carbocycles. The number of carbonyl (C=O) groups is 1. The highest BCUT2D eigenvalue weighted by molar-refractivity contribution is 7.16. The average molecular weight is 396 g/mol. The number of thiazole rings is 1. The number of pyridine rings is 1. The van der Waals surface area contributed by atoms with Gasteiger partial charge in [-0.1, -0.05) is 0 Å². The Labute approximate surface area is 168 Å². The molecule has 6 nitrogen and oxygen atoms in total. The van der Waals surface area contributed by atoms with Crippen LogP contribution in [0, 0.1) is 6.92 Å². The summed E-state index contributed by atoms with van der Waals surface area (Å²) in [6, 6.07) is 1.97. The number of aromatic nitrogens is 4. The summed E-state index contributed by atoms with van der Waals surface area (Å²) in [5.74, 6) is 0.349. The Morgan fingerprint density at radius 2 is 2.04 bits per heavy atom. The molecule has 0 unspecified atom stereocenters. The van der Waals surface area contributed by atoms with Crippen LogP contribution in [0.25, 0.3) is 11.0 Å². The predicted octanol–water partition coefficient (Wildman–Crippen LogP) is 4.57. The van der Waals surface area contributed by atoms with Gasteiger partial charge in [-0.2, -0.15) is 5.10 Å². The van der Waals surface area contributed by atoms with Crippen molar-refractivity contribution >= 4 is 33.4 Å². The zero-order chi connectivity index (χ0) is 19.6. The highest BCUT2D eigenvalue weighted by atomic mass is 32.1. The Morgan fingerprint density at radius 3 is 2.71 bits per heavy atom. The molecule has 0 atom stereocenters. The number of amides is 1. The lowest BCUT2D eigenvalue weighted by molar-refractivity contribution is 0.102. The number of anilines is 1. The Balaban J connectivity index is 1.60. The van der Waals surface area contributed by atoms with Gasteiger partial charge < -0.3 is 0 Å². The van der Waals surface area contributed by atoms with Crippen LogP contribution in [-0.2, 0) is 18.4 Å². The molecule has 3 aromatic heterocycles. The van der Waals surface area contributed by atoms with Gasteiger partial charge in [-0.15, -0.1) is 11.3 Å². The summed E-state index contributed by atoms with van der Waals surface area (Å²) in [6.45, 7) is 8.29. The smallest absolute Gasteiger partial charge is 0.258 e. The topological polar surface area (TPSA) is 72.7 Å². The first-order valence-corrected chi connectivity index (χ1v) is 10.8. The van der Waals surface area contributed by atoms with Crippen LogP contribution >= 0.6 is 11.3 Å². The molecule has 0 radical (unpaired) electrons. The largest absolute Gasteiger partial charge is 0.298 e. The van der Waals surface area contributed by atoms with Crippen molar-refractivity contribution in [3.8, 4) is 0 Å². The minimum absolute atomic E-state index is 0.113. The molecule has 5 rings (SSSR count). The van der Waals surface area contributed by atoms with Gasteiger partial charge >= 0.3 is 0 Å². The summed E-state index contributed by atoms with van der Waals surface area (Å²) in [5.41, 5.74) is 4.26. The van der Waals surface area contributed by atoms with Gasteiger partial charge in [0.1, 0.15) is 0 Å². The van der Waals surface area contributed by atoms with E-state index in [1.807, 2.05) is 17.7 Å². The SMILES string of the molecule is Cc1nn(C(C)(C)C)c2nc(C3CC3)cc(C(=O)Nc3nc4c(s3)CCC4)c12. The monoisotopic (exact) mass is 395 g/mol. The lowest BCUT2D eigenvalue weighted by Crippen LogP contribution is -2.23. The molecule has 0 saturated heterocycles. The van der Waals surface area contributed by atoms with Crippen molar-refractivity contribution < 1.29 is 4.79 Å². The van der Waals surface area contributed by atoms with Crippen molar-refractivity contribution in [1.29, 1.82) is 0 Å². The maximum atomic E-state index is 13.3. The van der Waals surface area contributed by atoms with Crippen molar-refractivity contribution in [1.82, 2.24) is 19.7 Å². The fourth-order valence-corrected chi connectivity index (χ4v) is 5.00. The number of hydrogen-bond donors (Lipinski definition) is 1. The zero-order valence-electron chi connectivity index (χ0n) is 16.8. The summed E-state index contributed by atoms with van der Waals surface area (Å²) < 4.78 is 1.96. The van der Waals surface area contributed by atoms with E-state index in [-0.39, 0.29) is 11.4 Å². The minimum atomic E-state index is -0.203. The number of rotatable bonds is 3. The number of carbonyl (C=O) groups excluding carboxylic acids is 1. The van der Waals surface area contributed by atoms with E-state index in [0.29, 0.717) is 16.6 Å². The van der Waals surface area contributed by atoms with Gasteiger partial charge in [0.25, 0.3) is 5.91 Å². The summed E-state index contributed by atoms with van der Waals surface area (Å²) in [5, 5.41) is 9.33. The predicted molar refractivity (Wildman–Crippen MR) is 111 cm³/mol. The Bertz CT molecular complexity index is 1080. The van der Waals surface area contributed by atoms with E-state index in [0.717, 1.165) is 53.8 Å². The van der Waals surface area contributed by atoms with Crippen LogP contribution in [0.4, 0.5) is 5.13 Å². The second-order valence-corrected chi connectivity index (χ2v) is 10.0. The molecule has 0 spiro atoms. The van der Waals surface area contributed by atoms with Crippen LogP contribution in [-0.4, -0.2) is 25.7 Å². The molecule has 1 fully saturated rings. The summed E-state index contributed by atoms with van der Waals surface area (Å²) in [6.07, 6.45) is 5.54. The number of aryl methyl sites for hydroxylation is 3. The third kappa shape index (κ3) is 2.92. The maximum Gasteiger partial charge on any atom is 0.258 e. The molecular weight excluding hydrogens is 370 g/mol. The van der Waals surface area contributed by atoms with Gasteiger partial charge in [0.05, 0.1) is 27.9 Å². The Hall–Kier alpha value is -2.28. The fraction of sp³-hybridized carbons (Fsp3) is 0.524. The van der Waals surface area contributed by atoms with Crippen LogP contribution in [0.5, 0.6) is 0 Å². The van der Waals surface area contributed by atoms with Gasteiger partial charge in [-0.25, -0.2) is 14.6 Å². The van der Waals surface area contributed by atoms with Crippen molar-refractivity contribution in [3.63, 3.8) is 0 Å². The molecule has 1 N–H and O–H groups in total. The molecule has 3 heterocycles. The molecule has 2 aliphatic carbocycles. The highest BCUT2D eigenvalue weighted by Crippen LogP contribution is 2.41. The minimum Gasteiger partial charge on any atom is -0.298 e. The normalized spacial score (nSPS) is 16.6. The molecule has 1 amide bonds. The lowest BCUT2D eigenvalue weighted by atomic mass is 10.1. The van der Waals surface area contributed by atoms with Gasteiger partial charge in [0.15, 0.2) is 10.8 Å². The standard InChI is InChI=1S/C21H25N5OS/c1-11-17-13(19(27)24-20-23-14-6-5-7-16(14)28-20)10-15(12-8-9-12)22-18(17)26(25-11)21(2,3)4/h10,12H,5-9H2,1-4H3,(H,23,24,27). The summed E-state index contributed by atoms with van der Waals surface area (Å²) in [7, 11) is 0. The van der Waals surface area contributed by atoms with Crippen LogP contribution in [0.3, 0.4) is 0 Å². The van der Waals surface area contributed by atoms with Crippen LogP contribution < -0.4 is 5.32 Å². The average Bonchev–Trinajstić information content (AvgIpc) is 3.14. The first kappa shape index (κ1) is 17.8. The van der Waals surface area contributed by atoms with Crippen molar-refractivity contribution in [2.75, 3.05) is 5.32 Å². The maximum absolute atomic E-state index is 13.3. The van der Waals surface area contributed by atoms with E-state index < -0.39 is 0 Å². The van der Waals surface area contributed by atoms with Gasteiger partial charge in [0, 0.05) is 16.5 Å². The van der Waals surface area contributed by atoms with E-state index in [1.54, 1.807) is 11.3 Å². The van der Waals surface area contributed by atoms with Gasteiger partial charge in [-0.05, 0) is 65.9 Å². The van der Waals surface area contributed by atoms with Crippen LogP contribution in [0.2, 0.25) is 0 Å². The third-order valence-corrected chi connectivity index (χ3v) is 6.60. The number of nitrogens with one attached hydrogen (secondary N) is 1. The van der Waals surface area contributed by atoms with E-state index in [2.05, 4.69) is 31.1 Å². The Morgan fingerprint density at radius 1 is 1.25 bits per heavy atom. The molecule has 2 aliphatic rings. The third-order valence-electron chi connectivity index (χ3n) is 5.52. The summed E-state index contributed by atoms with van der Waals surface area (Å²) in [4.78, 5) is 24.1. The zero-order valence-corrected chi connectivity index (χ0v) is 17.6.